The number of nitrogens with one attached hydrogen (secondary N) is 1. The maximum absolute atomic E-state index is 14.1. The molecule has 0 bridgehead atoms. The molecular weight excluding hydrogens is 628 g/mol. The number of sulfonamides is 1. The maximum atomic E-state index is 14.1. The topological polar surface area (TPSA) is 86.8 Å². The number of anilines is 1. The predicted molar refractivity (Wildman–Crippen MR) is 166 cm³/mol. The molecule has 0 aliphatic rings. The van der Waals surface area contributed by atoms with E-state index in [2.05, 4.69) is 5.32 Å². The van der Waals surface area contributed by atoms with E-state index in [4.69, 9.17) is 46.4 Å². The highest BCUT2D eigenvalue weighted by atomic mass is 35.5. The molecule has 0 aromatic heterocycles. The average molecular weight is 659 g/mol. The maximum Gasteiger partial charge on any atom is 0.264 e. The normalized spacial score (nSPS) is 12.9. The Morgan fingerprint density at radius 2 is 1.46 bits per heavy atom. The van der Waals surface area contributed by atoms with E-state index in [0.717, 1.165) is 4.31 Å². The minimum absolute atomic E-state index is 0.0267. The fraction of sp³-hybridized carbons (Fsp3) is 0.310. The number of amides is 2. The summed E-state index contributed by atoms with van der Waals surface area (Å²) in [7, 11) is -4.25. The van der Waals surface area contributed by atoms with Gasteiger partial charge in [-0.1, -0.05) is 84.5 Å². The van der Waals surface area contributed by atoms with Crippen molar-refractivity contribution in [3.8, 4) is 0 Å². The highest BCUT2D eigenvalue weighted by Gasteiger charge is 2.34. The number of rotatable bonds is 12. The van der Waals surface area contributed by atoms with Crippen LogP contribution >= 0.6 is 46.4 Å². The van der Waals surface area contributed by atoms with Crippen molar-refractivity contribution < 1.29 is 18.0 Å². The number of carbonyl (C=O) groups is 2. The van der Waals surface area contributed by atoms with Crippen LogP contribution in [0, 0.1) is 0 Å². The Labute approximate surface area is 261 Å². The number of benzene rings is 3. The van der Waals surface area contributed by atoms with Crippen molar-refractivity contribution in [3.05, 3.63) is 92.4 Å². The van der Waals surface area contributed by atoms with Crippen molar-refractivity contribution >= 4 is 73.9 Å². The quantitative estimate of drug-likeness (QED) is 0.223. The Bertz CT molecular complexity index is 1470. The number of nitrogens with zero attached hydrogens (tertiary/aromatic N) is 2. The van der Waals surface area contributed by atoms with Gasteiger partial charge in [-0.2, -0.15) is 0 Å². The van der Waals surface area contributed by atoms with Crippen molar-refractivity contribution in [2.24, 2.45) is 0 Å². The fourth-order valence-corrected chi connectivity index (χ4v) is 6.34. The van der Waals surface area contributed by atoms with Gasteiger partial charge in [0.2, 0.25) is 11.8 Å². The summed E-state index contributed by atoms with van der Waals surface area (Å²) in [4.78, 5) is 28.8. The van der Waals surface area contributed by atoms with Crippen LogP contribution < -0.4 is 9.62 Å². The van der Waals surface area contributed by atoms with Crippen LogP contribution in [0.1, 0.15) is 39.2 Å². The summed E-state index contributed by atoms with van der Waals surface area (Å²) in [5.74, 6) is -1.01. The molecule has 0 aliphatic heterocycles. The fourth-order valence-electron chi connectivity index (χ4n) is 4.10. The second-order valence-electron chi connectivity index (χ2n) is 9.39. The standard InChI is InChI=1S/C29H31Cl4N3O4S/c1-4-19(3)34-29(38)27(5-2)35(17-22-23(30)12-9-13-24(22)31)28(37)18-36(20-14-15-25(32)26(33)16-20)41(39,40)21-10-7-6-8-11-21/h6-16,19,27H,4-5,17-18H2,1-3H3,(H,34,38)/t19-,27-/m0/s1. The van der Waals surface area contributed by atoms with Crippen LogP contribution in [0.4, 0.5) is 5.69 Å². The van der Waals surface area contributed by atoms with Gasteiger partial charge in [0.05, 0.1) is 20.6 Å². The summed E-state index contributed by atoms with van der Waals surface area (Å²) in [6, 6.07) is 15.9. The third-order valence-corrected chi connectivity index (χ3v) is 9.81. The SMILES string of the molecule is CC[C@H](C)NC(=O)[C@H](CC)N(Cc1c(Cl)cccc1Cl)C(=O)CN(c1ccc(Cl)c(Cl)c1)S(=O)(=O)c1ccccc1. The molecule has 0 saturated carbocycles. The lowest BCUT2D eigenvalue weighted by Gasteiger charge is -2.34. The van der Waals surface area contributed by atoms with Gasteiger partial charge in [-0.15, -0.1) is 0 Å². The number of halogens is 4. The highest BCUT2D eigenvalue weighted by Crippen LogP contribution is 2.32. The van der Waals surface area contributed by atoms with Crippen LogP contribution in [0.15, 0.2) is 71.6 Å². The molecule has 1 N–H and O–H groups in total. The molecule has 12 heteroatoms. The van der Waals surface area contributed by atoms with Gasteiger partial charge >= 0.3 is 0 Å². The zero-order valence-corrected chi connectivity index (χ0v) is 26.6. The molecule has 0 fully saturated rings. The molecule has 0 heterocycles. The molecule has 3 rings (SSSR count). The van der Waals surface area contributed by atoms with E-state index in [1.54, 1.807) is 43.3 Å². The molecule has 2 atom stereocenters. The van der Waals surface area contributed by atoms with Gasteiger partial charge in [-0.05, 0) is 62.2 Å². The summed E-state index contributed by atoms with van der Waals surface area (Å²) < 4.78 is 28.7. The van der Waals surface area contributed by atoms with E-state index in [1.807, 2.05) is 13.8 Å². The summed E-state index contributed by atoms with van der Waals surface area (Å²) in [5.41, 5.74) is 0.565. The van der Waals surface area contributed by atoms with Gasteiger partial charge in [0.1, 0.15) is 12.6 Å². The van der Waals surface area contributed by atoms with Gasteiger partial charge < -0.3 is 10.2 Å². The predicted octanol–water partition coefficient (Wildman–Crippen LogP) is 7.22. The monoisotopic (exact) mass is 657 g/mol. The molecule has 220 valence electrons. The third-order valence-electron chi connectivity index (χ3n) is 6.58. The molecule has 0 radical (unpaired) electrons. The van der Waals surface area contributed by atoms with Crippen LogP contribution in [0.3, 0.4) is 0 Å². The van der Waals surface area contributed by atoms with Crippen molar-refractivity contribution in [2.45, 2.75) is 57.1 Å². The lowest BCUT2D eigenvalue weighted by molar-refractivity contribution is -0.140. The molecule has 0 unspecified atom stereocenters. The minimum Gasteiger partial charge on any atom is -0.352 e. The number of carbonyl (C=O) groups excluding carboxylic acids is 2. The van der Waals surface area contributed by atoms with E-state index in [0.29, 0.717) is 22.0 Å². The summed E-state index contributed by atoms with van der Waals surface area (Å²) in [6.07, 6.45) is 0.946. The van der Waals surface area contributed by atoms with Gasteiger partial charge in [-0.3, -0.25) is 13.9 Å². The Hall–Kier alpha value is -2.49. The molecule has 7 nitrogen and oxygen atoms in total. The van der Waals surface area contributed by atoms with Gasteiger partial charge in [0.25, 0.3) is 10.0 Å². The molecular formula is C29H31Cl4N3O4S. The second kappa shape index (κ2) is 14.6. The Morgan fingerprint density at radius 3 is 2.02 bits per heavy atom. The number of hydrogen-bond donors (Lipinski definition) is 1. The van der Waals surface area contributed by atoms with Crippen molar-refractivity contribution in [2.75, 3.05) is 10.8 Å². The smallest absolute Gasteiger partial charge is 0.264 e. The first-order chi connectivity index (χ1) is 19.4. The van der Waals surface area contributed by atoms with Gasteiger partial charge in [-0.25, -0.2) is 8.42 Å². The highest BCUT2D eigenvalue weighted by molar-refractivity contribution is 7.92. The van der Waals surface area contributed by atoms with Crippen LogP contribution in [-0.4, -0.2) is 43.8 Å². The largest absolute Gasteiger partial charge is 0.352 e. The molecule has 3 aromatic rings. The Kier molecular flexibility index (Phi) is 11.8. The van der Waals surface area contributed by atoms with E-state index in [1.165, 1.54) is 35.2 Å². The van der Waals surface area contributed by atoms with Crippen LogP contribution in [0.25, 0.3) is 0 Å². The van der Waals surface area contributed by atoms with Crippen LogP contribution in [-0.2, 0) is 26.2 Å². The first-order valence-electron chi connectivity index (χ1n) is 13.0. The summed E-state index contributed by atoms with van der Waals surface area (Å²) >= 11 is 25.2. The Balaban J connectivity index is 2.11. The molecule has 41 heavy (non-hydrogen) atoms. The average Bonchev–Trinajstić information content (AvgIpc) is 2.94. The van der Waals surface area contributed by atoms with Crippen LogP contribution in [0.2, 0.25) is 20.1 Å². The molecule has 0 spiro atoms. The van der Waals surface area contributed by atoms with E-state index in [9.17, 15) is 18.0 Å². The first kappa shape index (κ1) is 33.0. The molecule has 2 amide bonds. The molecule has 3 aromatic carbocycles. The van der Waals surface area contributed by atoms with Crippen LogP contribution in [0.5, 0.6) is 0 Å². The lowest BCUT2D eigenvalue weighted by Crippen LogP contribution is -2.53. The lowest BCUT2D eigenvalue weighted by atomic mass is 10.1. The van der Waals surface area contributed by atoms with Crippen molar-refractivity contribution in [1.29, 1.82) is 0 Å². The van der Waals surface area contributed by atoms with Crippen molar-refractivity contribution in [3.63, 3.8) is 0 Å². The van der Waals surface area contributed by atoms with E-state index < -0.39 is 28.5 Å². The zero-order valence-electron chi connectivity index (χ0n) is 22.8. The second-order valence-corrected chi connectivity index (χ2v) is 12.9. The van der Waals surface area contributed by atoms with Crippen molar-refractivity contribution in [1.82, 2.24) is 10.2 Å². The molecule has 0 saturated heterocycles. The Morgan fingerprint density at radius 1 is 0.829 bits per heavy atom. The van der Waals surface area contributed by atoms with E-state index in [-0.39, 0.29) is 45.5 Å². The van der Waals surface area contributed by atoms with Gasteiger partial charge in [0, 0.05) is 28.2 Å². The summed E-state index contributed by atoms with van der Waals surface area (Å²) in [5, 5.41) is 3.88. The molecule has 0 aliphatic carbocycles. The number of hydrogen-bond acceptors (Lipinski definition) is 4. The van der Waals surface area contributed by atoms with E-state index >= 15 is 0 Å². The minimum atomic E-state index is -4.25. The summed E-state index contributed by atoms with van der Waals surface area (Å²) in [6.45, 7) is 4.81. The first-order valence-corrected chi connectivity index (χ1v) is 15.9. The third kappa shape index (κ3) is 8.08. The van der Waals surface area contributed by atoms with Gasteiger partial charge in [0.15, 0.2) is 0 Å². The zero-order chi connectivity index (χ0) is 30.3.